The highest BCUT2D eigenvalue weighted by atomic mass is 31.2. The first kappa shape index (κ1) is 38.2. The molecule has 0 radical (unpaired) electrons. The summed E-state index contributed by atoms with van der Waals surface area (Å²) in [5, 5.41) is 0. The summed E-state index contributed by atoms with van der Waals surface area (Å²) in [7, 11) is -6.07. The minimum absolute atomic E-state index is 0.161. The second-order valence-electron chi connectivity index (χ2n) is 21.6. The summed E-state index contributed by atoms with van der Waals surface area (Å²) in [5.41, 5.74) is 1.16. The van der Waals surface area contributed by atoms with Crippen LogP contribution in [0.3, 0.4) is 0 Å². The van der Waals surface area contributed by atoms with E-state index >= 15 is 0 Å². The Bertz CT molecular complexity index is 833. The van der Waals surface area contributed by atoms with E-state index in [9.17, 15) is 0 Å². The average Bonchev–Trinajstić information content (AvgIpc) is 2.66. The second-order valence-corrected chi connectivity index (χ2v) is 51.5. The van der Waals surface area contributed by atoms with Gasteiger partial charge in [0.1, 0.15) is 0 Å². The summed E-state index contributed by atoms with van der Waals surface area (Å²) in [4.78, 5) is 8.59. The number of hydrogen-bond acceptors (Lipinski definition) is 2. The molecule has 2 nitrogen and oxygen atoms in total. The first-order valence-electron chi connectivity index (χ1n) is 17.5. The molecule has 244 valence electrons. The maximum atomic E-state index is 3.29. The van der Waals surface area contributed by atoms with Crippen molar-refractivity contribution in [3.05, 3.63) is 0 Å². The topological polar surface area (TPSA) is 6.48 Å². The zero-order valence-corrected chi connectivity index (χ0v) is 38.1. The van der Waals surface area contributed by atoms with E-state index in [1.807, 2.05) is 0 Å². The molecule has 3 saturated heterocycles. The molecule has 0 atom stereocenters. The summed E-state index contributed by atoms with van der Waals surface area (Å²) in [6.45, 7) is 54.6. The number of rotatable bonds is 8. The lowest BCUT2D eigenvalue weighted by atomic mass is 9.75. The van der Waals surface area contributed by atoms with Crippen LogP contribution in [0, 0.1) is 0 Å². The molecule has 0 aromatic rings. The van der Waals surface area contributed by atoms with Gasteiger partial charge in [-0.2, -0.15) is 0 Å². The SMILES string of the molecule is CC1(C)CCCC(C)(C)N1B1P(C([Si](C)(C)C)[Si](C)(C)C)B(N2C(C)(C)CCCC2(C)C)P1C([Si](C)(C)C)[Si](C)(C)C. The van der Waals surface area contributed by atoms with E-state index in [1.165, 1.54) is 38.5 Å². The Labute approximate surface area is 273 Å². The molecule has 3 rings (SSSR count). The molecule has 0 aliphatic carbocycles. The lowest BCUT2D eigenvalue weighted by Crippen LogP contribution is -2.77. The molecule has 3 aliphatic rings. The fourth-order valence-electron chi connectivity index (χ4n) is 11.2. The van der Waals surface area contributed by atoms with Crippen LogP contribution in [0.1, 0.15) is 93.9 Å². The van der Waals surface area contributed by atoms with Crippen LogP contribution >= 0.6 is 15.4 Å². The molecule has 3 aliphatic heterocycles. The molecular formula is C32H74B2N2P2Si4. The Hall–Kier alpha value is 1.78. The molecule has 3 heterocycles. The number of nitrogens with zero attached hydrogens (tertiary/aromatic N) is 2. The summed E-state index contributed by atoms with van der Waals surface area (Å²) in [6.07, 6.45) is 9.97. The van der Waals surface area contributed by atoms with Gasteiger partial charge in [-0.15, -0.1) is 15.4 Å². The number of piperidine rings is 2. The number of hydrogen-bond donors (Lipinski definition) is 0. The maximum absolute atomic E-state index is 3.29. The van der Waals surface area contributed by atoms with Gasteiger partial charge in [0.25, 0.3) is 12.6 Å². The van der Waals surface area contributed by atoms with Crippen molar-refractivity contribution >= 4 is 60.2 Å². The van der Waals surface area contributed by atoms with Crippen LogP contribution in [0.4, 0.5) is 0 Å². The molecule has 0 bridgehead atoms. The third-order valence-electron chi connectivity index (χ3n) is 11.2. The smallest absolute Gasteiger partial charge is 0.268 e. The van der Waals surface area contributed by atoms with E-state index in [0.717, 1.165) is 22.4 Å². The average molecular weight is 683 g/mol. The Morgan fingerprint density at radius 3 is 0.786 bits per heavy atom. The summed E-state index contributed by atoms with van der Waals surface area (Å²) in [5.74, 6) is 0. The quantitative estimate of drug-likeness (QED) is 0.186. The lowest BCUT2D eigenvalue weighted by molar-refractivity contribution is 0.0517. The van der Waals surface area contributed by atoms with Crippen LogP contribution in [0.5, 0.6) is 0 Å². The van der Waals surface area contributed by atoms with Gasteiger partial charge in [-0.3, -0.25) is 0 Å². The Morgan fingerprint density at radius 1 is 0.429 bits per heavy atom. The van der Waals surface area contributed by atoms with Crippen molar-refractivity contribution < 1.29 is 0 Å². The fourth-order valence-corrected chi connectivity index (χ4v) is 62.4. The Kier molecular flexibility index (Phi) is 10.7. The normalized spacial score (nSPS) is 29.3. The van der Waals surface area contributed by atoms with E-state index in [4.69, 9.17) is 0 Å². The molecule has 0 spiro atoms. The van der Waals surface area contributed by atoms with Gasteiger partial charge in [0.15, 0.2) is 0 Å². The summed E-state index contributed by atoms with van der Waals surface area (Å²) < 4.78 is 0. The largest absolute Gasteiger partial charge is 0.325 e. The van der Waals surface area contributed by atoms with Gasteiger partial charge >= 0.3 is 0 Å². The van der Waals surface area contributed by atoms with Crippen molar-refractivity contribution in [1.82, 2.24) is 9.62 Å². The van der Waals surface area contributed by atoms with Crippen LogP contribution in [-0.2, 0) is 0 Å². The van der Waals surface area contributed by atoms with Crippen LogP contribution in [-0.4, -0.2) is 86.5 Å². The van der Waals surface area contributed by atoms with Crippen LogP contribution in [0.2, 0.25) is 78.6 Å². The van der Waals surface area contributed by atoms with Crippen molar-refractivity contribution in [2.24, 2.45) is 0 Å². The highest BCUT2D eigenvalue weighted by Crippen LogP contribution is 2.84. The molecule has 0 unspecified atom stereocenters. The zero-order valence-electron chi connectivity index (χ0n) is 32.3. The molecule has 0 aromatic carbocycles. The van der Waals surface area contributed by atoms with Crippen LogP contribution < -0.4 is 0 Å². The summed E-state index contributed by atoms with van der Waals surface area (Å²) in [6, 6.07) is 0. The molecule has 10 heteroatoms. The molecule has 3 fully saturated rings. The van der Waals surface area contributed by atoms with Crippen molar-refractivity contribution in [2.45, 2.75) is 204 Å². The monoisotopic (exact) mass is 682 g/mol. The lowest BCUT2D eigenvalue weighted by Gasteiger charge is -2.73. The second kappa shape index (κ2) is 11.7. The Morgan fingerprint density at radius 2 is 0.619 bits per heavy atom. The van der Waals surface area contributed by atoms with Crippen LogP contribution in [0.25, 0.3) is 0 Å². The van der Waals surface area contributed by atoms with Crippen molar-refractivity contribution in [1.29, 1.82) is 0 Å². The van der Waals surface area contributed by atoms with Gasteiger partial charge in [-0.05, 0) is 104 Å². The van der Waals surface area contributed by atoms with Crippen molar-refractivity contribution in [2.75, 3.05) is 0 Å². The standard InChI is InChI=1S/C32H74B2N2P2Si4/c1-29(2)23-21-24-30(3,4)35(29)33-37(27(39(9,10)11)40(12,13)14)34(36-31(5,6)25-22-26-32(36,7)8)38(33)28(41(15,16)17)42(18,19)20/h27-28H,21-26H2,1-20H3. The first-order valence-corrected chi connectivity index (χ1v) is 34.9. The van der Waals surface area contributed by atoms with Crippen molar-refractivity contribution in [3.8, 4) is 0 Å². The van der Waals surface area contributed by atoms with Gasteiger partial charge in [0.2, 0.25) is 0 Å². The highest BCUT2D eigenvalue weighted by Gasteiger charge is 2.73. The third kappa shape index (κ3) is 7.27. The first-order chi connectivity index (χ1) is 18.4. The van der Waals surface area contributed by atoms with Gasteiger partial charge < -0.3 is 9.62 Å². The van der Waals surface area contributed by atoms with Gasteiger partial charge in [0, 0.05) is 54.5 Å². The molecule has 42 heavy (non-hydrogen) atoms. The third-order valence-corrected chi connectivity index (χ3v) is 48.4. The molecule has 0 aromatic heterocycles. The highest BCUT2D eigenvalue weighted by molar-refractivity contribution is 8.61. The maximum Gasteiger partial charge on any atom is 0.268 e. The van der Waals surface area contributed by atoms with Gasteiger partial charge in [0.05, 0.1) is 0 Å². The summed E-state index contributed by atoms with van der Waals surface area (Å²) >= 11 is 0. The predicted molar refractivity (Wildman–Crippen MR) is 214 cm³/mol. The molecule has 0 N–H and O–H groups in total. The van der Waals surface area contributed by atoms with E-state index in [2.05, 4.69) is 144 Å². The zero-order chi connectivity index (χ0) is 32.9. The molecular weight excluding hydrogens is 608 g/mol. The molecule has 0 amide bonds. The van der Waals surface area contributed by atoms with E-state index in [1.54, 1.807) is 0 Å². The van der Waals surface area contributed by atoms with E-state index in [0.29, 0.717) is 22.2 Å². The molecule has 0 saturated carbocycles. The fraction of sp³-hybridized carbons (Fsp3) is 1.00. The van der Waals surface area contributed by atoms with Crippen molar-refractivity contribution in [3.63, 3.8) is 0 Å². The Balaban J connectivity index is 2.48. The minimum Gasteiger partial charge on any atom is -0.325 e. The van der Waals surface area contributed by atoms with E-state index in [-0.39, 0.29) is 15.4 Å². The predicted octanol–water partition coefficient (Wildman–Crippen LogP) is 11.3. The van der Waals surface area contributed by atoms with Crippen LogP contribution in [0.15, 0.2) is 0 Å². The van der Waals surface area contributed by atoms with E-state index < -0.39 is 32.3 Å². The van der Waals surface area contributed by atoms with Gasteiger partial charge in [-0.25, -0.2) is 0 Å². The minimum atomic E-state index is -1.44. The van der Waals surface area contributed by atoms with Gasteiger partial charge in [-0.1, -0.05) is 78.6 Å².